The minimum atomic E-state index is -0.137. The fourth-order valence-electron chi connectivity index (χ4n) is 3.12. The number of hydrogen-bond donors (Lipinski definition) is 1. The van der Waals surface area contributed by atoms with E-state index in [4.69, 9.17) is 14.4 Å². The second-order valence-electron chi connectivity index (χ2n) is 8.23. The molecular formula is C24H28N4O2S. The van der Waals surface area contributed by atoms with Crippen molar-refractivity contribution in [1.82, 2.24) is 15.3 Å². The Kier molecular flexibility index (Phi) is 6.61. The summed E-state index contributed by atoms with van der Waals surface area (Å²) in [6.45, 7) is 5.04. The molecule has 1 amide bonds. The molecule has 2 heterocycles. The number of thioether (sulfide) groups is 1. The molecule has 0 unspecified atom stereocenters. The van der Waals surface area contributed by atoms with Gasteiger partial charge in [-0.15, -0.1) is 0 Å². The number of nitrogens with zero attached hydrogens (tertiary/aromatic N) is 3. The molecule has 1 N–H and O–H groups in total. The summed E-state index contributed by atoms with van der Waals surface area (Å²) in [5.41, 5.74) is 2.24. The highest BCUT2D eigenvalue weighted by atomic mass is 32.2. The lowest BCUT2D eigenvalue weighted by Crippen LogP contribution is -2.24. The van der Waals surface area contributed by atoms with Gasteiger partial charge in [-0.05, 0) is 36.5 Å². The minimum Gasteiger partial charge on any atom is -0.455 e. The highest BCUT2D eigenvalue weighted by Gasteiger charge is 2.25. The Hall–Kier alpha value is -2.80. The Bertz CT molecular complexity index is 1030. The van der Waals surface area contributed by atoms with E-state index in [1.54, 1.807) is 6.07 Å². The van der Waals surface area contributed by atoms with Crippen LogP contribution in [-0.2, 0) is 12.3 Å². The summed E-state index contributed by atoms with van der Waals surface area (Å²) < 4.78 is 5.73. The number of amides is 1. The van der Waals surface area contributed by atoms with Gasteiger partial charge in [0, 0.05) is 31.4 Å². The molecule has 0 atom stereocenters. The Morgan fingerprint density at radius 1 is 1.19 bits per heavy atom. The fourth-order valence-corrected chi connectivity index (χ4v) is 3.88. The van der Waals surface area contributed by atoms with Crippen LogP contribution in [0.4, 0.5) is 5.82 Å². The van der Waals surface area contributed by atoms with Crippen molar-refractivity contribution in [2.45, 2.75) is 56.1 Å². The Balaban J connectivity index is 1.44. The fraction of sp³-hybridized carbons (Fsp3) is 0.375. The van der Waals surface area contributed by atoms with E-state index < -0.39 is 0 Å². The molecule has 3 aromatic rings. The summed E-state index contributed by atoms with van der Waals surface area (Å²) in [4.78, 5) is 23.8. The number of carbonyl (C=O) groups excluding carboxylic acids is 1. The third kappa shape index (κ3) is 5.88. The molecule has 1 aromatic carbocycles. The van der Waals surface area contributed by atoms with Crippen LogP contribution in [0.5, 0.6) is 0 Å². The summed E-state index contributed by atoms with van der Waals surface area (Å²) in [5.74, 6) is 2.73. The van der Waals surface area contributed by atoms with Crippen molar-refractivity contribution in [2.24, 2.45) is 0 Å². The van der Waals surface area contributed by atoms with Crippen molar-refractivity contribution >= 4 is 23.5 Å². The maximum Gasteiger partial charge on any atom is 0.287 e. The smallest absolute Gasteiger partial charge is 0.287 e. The van der Waals surface area contributed by atoms with Gasteiger partial charge in [0.05, 0.1) is 5.75 Å². The lowest BCUT2D eigenvalue weighted by molar-refractivity contribution is 0.0922. The molecule has 1 aliphatic rings. The molecule has 0 spiro atoms. The van der Waals surface area contributed by atoms with Crippen LogP contribution in [0.25, 0.3) is 0 Å². The Morgan fingerprint density at radius 3 is 2.68 bits per heavy atom. The molecule has 31 heavy (non-hydrogen) atoms. The predicted octanol–water partition coefficient (Wildman–Crippen LogP) is 5.01. The molecule has 4 rings (SSSR count). The SMILES string of the molecule is CC(C)c1cc(N(C)Cc2ccccc2)nc(SCc2ccc(C(=O)NC3CC3)o2)n1. The maximum atomic E-state index is 12.1. The van der Waals surface area contributed by atoms with Crippen molar-refractivity contribution in [3.8, 4) is 0 Å². The quantitative estimate of drug-likeness (QED) is 0.375. The monoisotopic (exact) mass is 436 g/mol. The van der Waals surface area contributed by atoms with Gasteiger partial charge in [0.2, 0.25) is 0 Å². The first-order valence-electron chi connectivity index (χ1n) is 10.6. The third-order valence-electron chi connectivity index (χ3n) is 5.10. The van der Waals surface area contributed by atoms with E-state index in [0.29, 0.717) is 28.6 Å². The number of benzene rings is 1. The number of nitrogens with one attached hydrogen (secondary N) is 1. The van der Waals surface area contributed by atoms with Crippen molar-refractivity contribution < 1.29 is 9.21 Å². The largest absolute Gasteiger partial charge is 0.455 e. The van der Waals surface area contributed by atoms with Crippen LogP contribution in [0.3, 0.4) is 0 Å². The molecule has 0 aliphatic heterocycles. The molecule has 1 aliphatic carbocycles. The summed E-state index contributed by atoms with van der Waals surface area (Å²) >= 11 is 1.52. The van der Waals surface area contributed by atoms with Crippen molar-refractivity contribution in [3.63, 3.8) is 0 Å². The first-order valence-corrected chi connectivity index (χ1v) is 11.6. The highest BCUT2D eigenvalue weighted by Crippen LogP contribution is 2.27. The molecule has 6 nitrogen and oxygen atoms in total. The van der Waals surface area contributed by atoms with Gasteiger partial charge in [-0.25, -0.2) is 9.97 Å². The summed E-state index contributed by atoms with van der Waals surface area (Å²) in [6, 6.07) is 16.3. The number of rotatable bonds is 9. The zero-order chi connectivity index (χ0) is 21.8. The van der Waals surface area contributed by atoms with E-state index in [9.17, 15) is 4.79 Å². The molecule has 2 aromatic heterocycles. The number of carbonyl (C=O) groups is 1. The molecular weight excluding hydrogens is 408 g/mol. The van der Waals surface area contributed by atoms with Crippen LogP contribution in [-0.4, -0.2) is 29.0 Å². The first kappa shape index (κ1) is 21.4. The topological polar surface area (TPSA) is 71.3 Å². The van der Waals surface area contributed by atoms with Gasteiger partial charge in [-0.1, -0.05) is 55.9 Å². The van der Waals surface area contributed by atoms with Crippen molar-refractivity contribution in [3.05, 3.63) is 71.3 Å². The zero-order valence-corrected chi connectivity index (χ0v) is 19.0. The number of hydrogen-bond acceptors (Lipinski definition) is 6. The molecule has 7 heteroatoms. The lowest BCUT2D eigenvalue weighted by Gasteiger charge is -2.20. The number of furan rings is 1. The van der Waals surface area contributed by atoms with E-state index >= 15 is 0 Å². The minimum absolute atomic E-state index is 0.137. The molecule has 0 bridgehead atoms. The Labute approximate surface area is 187 Å². The van der Waals surface area contributed by atoms with E-state index in [1.165, 1.54) is 17.3 Å². The number of anilines is 1. The molecule has 0 saturated heterocycles. The van der Waals surface area contributed by atoms with E-state index in [1.807, 2.05) is 31.3 Å². The van der Waals surface area contributed by atoms with Crippen LogP contribution in [0, 0.1) is 0 Å². The van der Waals surface area contributed by atoms with Gasteiger partial charge < -0.3 is 14.6 Å². The molecule has 1 saturated carbocycles. The third-order valence-corrected chi connectivity index (χ3v) is 5.97. The van der Waals surface area contributed by atoms with E-state index in [0.717, 1.165) is 36.7 Å². The van der Waals surface area contributed by atoms with E-state index in [-0.39, 0.29) is 5.91 Å². The normalized spacial score (nSPS) is 13.4. The van der Waals surface area contributed by atoms with E-state index in [2.05, 4.69) is 42.3 Å². The van der Waals surface area contributed by atoms with Crippen LogP contribution in [0.15, 0.2) is 58.1 Å². The zero-order valence-electron chi connectivity index (χ0n) is 18.2. The van der Waals surface area contributed by atoms with Gasteiger partial charge in [0.25, 0.3) is 5.91 Å². The summed E-state index contributed by atoms with van der Waals surface area (Å²) in [6.07, 6.45) is 2.11. The molecule has 0 radical (unpaired) electrons. The van der Waals surface area contributed by atoms with Crippen LogP contribution >= 0.6 is 11.8 Å². The van der Waals surface area contributed by atoms with Gasteiger partial charge in [0.1, 0.15) is 11.6 Å². The highest BCUT2D eigenvalue weighted by molar-refractivity contribution is 7.98. The number of aromatic nitrogens is 2. The van der Waals surface area contributed by atoms with Crippen LogP contribution in [0.2, 0.25) is 0 Å². The summed E-state index contributed by atoms with van der Waals surface area (Å²) in [7, 11) is 2.05. The van der Waals surface area contributed by atoms with Crippen LogP contribution in [0.1, 0.15) is 60.2 Å². The molecule has 162 valence electrons. The average molecular weight is 437 g/mol. The second-order valence-corrected chi connectivity index (χ2v) is 9.17. The van der Waals surface area contributed by atoms with Gasteiger partial charge >= 0.3 is 0 Å². The maximum absolute atomic E-state index is 12.1. The standard InChI is InChI=1S/C24H28N4O2S/c1-16(2)20-13-22(28(3)14-17-7-5-4-6-8-17)27-24(26-20)31-15-19-11-12-21(30-19)23(29)25-18-9-10-18/h4-8,11-13,16,18H,9-10,14-15H2,1-3H3,(H,25,29). The second kappa shape index (κ2) is 9.56. The molecule has 1 fully saturated rings. The summed E-state index contributed by atoms with van der Waals surface area (Å²) in [5, 5.41) is 3.66. The lowest BCUT2D eigenvalue weighted by atomic mass is 10.1. The van der Waals surface area contributed by atoms with Crippen molar-refractivity contribution in [2.75, 3.05) is 11.9 Å². The van der Waals surface area contributed by atoms with Gasteiger partial charge in [0.15, 0.2) is 10.9 Å². The first-order chi connectivity index (χ1) is 15.0. The average Bonchev–Trinajstić information content (AvgIpc) is 3.45. The van der Waals surface area contributed by atoms with Crippen molar-refractivity contribution in [1.29, 1.82) is 0 Å². The Morgan fingerprint density at radius 2 is 1.97 bits per heavy atom. The van der Waals surface area contributed by atoms with Gasteiger partial charge in [-0.3, -0.25) is 4.79 Å². The van der Waals surface area contributed by atoms with Crippen LogP contribution < -0.4 is 10.2 Å². The van der Waals surface area contributed by atoms with Gasteiger partial charge in [-0.2, -0.15) is 0 Å². The predicted molar refractivity (Wildman–Crippen MR) is 123 cm³/mol.